The lowest BCUT2D eigenvalue weighted by Gasteiger charge is -2.09. The summed E-state index contributed by atoms with van der Waals surface area (Å²) in [6.45, 7) is 2.35. The number of hydrogen-bond acceptors (Lipinski definition) is 6. The average Bonchev–Trinajstić information content (AvgIpc) is 3.29. The highest BCUT2D eigenvalue weighted by Gasteiger charge is 2.21. The predicted molar refractivity (Wildman–Crippen MR) is 129 cm³/mol. The Morgan fingerprint density at radius 2 is 2.10 bits per heavy atom. The molecule has 0 amide bonds. The van der Waals surface area contributed by atoms with Gasteiger partial charge in [-0.15, -0.1) is 11.3 Å². The van der Waals surface area contributed by atoms with Gasteiger partial charge in [0.15, 0.2) is 0 Å². The van der Waals surface area contributed by atoms with Gasteiger partial charge in [0.05, 0.1) is 17.6 Å². The van der Waals surface area contributed by atoms with Crippen LogP contribution in [-0.4, -0.2) is 25.7 Å². The first-order chi connectivity index (χ1) is 14.9. The zero-order chi connectivity index (χ0) is 22.4. The van der Waals surface area contributed by atoms with E-state index in [9.17, 15) is 5.21 Å². The first-order valence-corrected chi connectivity index (χ1v) is 11.2. The summed E-state index contributed by atoms with van der Waals surface area (Å²) in [7, 11) is 1.77. The van der Waals surface area contributed by atoms with Gasteiger partial charge in [-0.3, -0.25) is 4.68 Å². The number of benzene rings is 1. The zero-order valence-electron chi connectivity index (χ0n) is 17.2. The number of aryl methyl sites for hydroxylation is 2. The highest BCUT2D eigenvalue weighted by molar-refractivity contribution is 7.15. The van der Waals surface area contributed by atoms with Gasteiger partial charge in [-0.2, -0.15) is 5.10 Å². The fourth-order valence-corrected chi connectivity index (χ4v) is 4.50. The summed E-state index contributed by atoms with van der Waals surface area (Å²) in [5.41, 5.74) is 10.6. The maximum atomic E-state index is 9.81. The molecule has 6 nitrogen and oxygen atoms in total. The van der Waals surface area contributed by atoms with Crippen molar-refractivity contribution in [1.29, 1.82) is 0 Å². The Bertz CT molecular complexity index is 1150. The van der Waals surface area contributed by atoms with Crippen LogP contribution in [0.25, 0.3) is 11.6 Å². The fourth-order valence-electron chi connectivity index (χ4n) is 3.26. The van der Waals surface area contributed by atoms with Gasteiger partial charge in [0, 0.05) is 31.1 Å². The molecular weight excluding hydrogens is 453 g/mol. The van der Waals surface area contributed by atoms with E-state index in [1.165, 1.54) is 11.3 Å². The zero-order valence-corrected chi connectivity index (χ0v) is 19.5. The van der Waals surface area contributed by atoms with Crippen LogP contribution < -0.4 is 5.73 Å². The molecule has 31 heavy (non-hydrogen) atoms. The minimum Gasteiger partial charge on any atom is -0.411 e. The topological polar surface area (TPSA) is 89.3 Å². The van der Waals surface area contributed by atoms with Gasteiger partial charge in [0.25, 0.3) is 0 Å². The molecule has 3 rings (SSSR count). The van der Waals surface area contributed by atoms with E-state index in [2.05, 4.69) is 15.2 Å². The second-order valence-electron chi connectivity index (χ2n) is 6.82. The largest absolute Gasteiger partial charge is 0.411 e. The normalized spacial score (nSPS) is 12.8. The summed E-state index contributed by atoms with van der Waals surface area (Å²) in [6.07, 6.45) is 8.54. The first kappa shape index (κ1) is 23.2. The number of allylic oxidation sites excluding steroid dienone is 3. The van der Waals surface area contributed by atoms with E-state index in [4.69, 9.17) is 28.9 Å². The molecule has 0 unspecified atom stereocenters. The van der Waals surface area contributed by atoms with Crippen molar-refractivity contribution in [2.24, 2.45) is 17.9 Å². The maximum absolute atomic E-state index is 9.81. The minimum atomic E-state index is 0.324. The number of halogens is 2. The number of nitrogens with two attached hydrogens (primary N) is 1. The van der Waals surface area contributed by atoms with E-state index in [-0.39, 0.29) is 0 Å². The lowest BCUT2D eigenvalue weighted by molar-refractivity contribution is 0.319. The number of thiazole rings is 1. The van der Waals surface area contributed by atoms with Crippen LogP contribution in [-0.2, 0) is 20.0 Å². The molecule has 2 aromatic heterocycles. The Hall–Kier alpha value is -2.45. The third-order valence-electron chi connectivity index (χ3n) is 4.73. The second kappa shape index (κ2) is 10.7. The van der Waals surface area contributed by atoms with Crippen molar-refractivity contribution in [1.82, 2.24) is 14.8 Å². The molecule has 0 aliphatic carbocycles. The van der Waals surface area contributed by atoms with E-state index >= 15 is 0 Å². The highest BCUT2D eigenvalue weighted by atomic mass is 35.5. The Labute approximate surface area is 195 Å². The van der Waals surface area contributed by atoms with Crippen molar-refractivity contribution >= 4 is 51.9 Å². The molecule has 0 aliphatic rings. The summed E-state index contributed by atoms with van der Waals surface area (Å²) in [5.74, 6) is 0. The van der Waals surface area contributed by atoms with Crippen molar-refractivity contribution < 1.29 is 5.21 Å². The lowest BCUT2D eigenvalue weighted by atomic mass is 9.98. The molecule has 2 heterocycles. The van der Waals surface area contributed by atoms with Crippen LogP contribution in [0.15, 0.2) is 47.8 Å². The van der Waals surface area contributed by atoms with Crippen LogP contribution >= 0.6 is 34.5 Å². The van der Waals surface area contributed by atoms with Gasteiger partial charge in [0.1, 0.15) is 14.5 Å². The van der Waals surface area contributed by atoms with Crippen LogP contribution in [0.2, 0.25) is 9.49 Å². The summed E-state index contributed by atoms with van der Waals surface area (Å²) in [4.78, 5) is 4.27. The predicted octanol–water partition coefficient (Wildman–Crippen LogP) is 5.51. The van der Waals surface area contributed by atoms with E-state index in [0.29, 0.717) is 40.2 Å². The van der Waals surface area contributed by atoms with Crippen molar-refractivity contribution in [2.45, 2.75) is 26.3 Å². The van der Waals surface area contributed by atoms with Gasteiger partial charge >= 0.3 is 0 Å². The Morgan fingerprint density at radius 3 is 2.71 bits per heavy atom. The molecular formula is C22H23Cl2N5OS. The summed E-state index contributed by atoms with van der Waals surface area (Å²) in [6, 6.07) is 7.99. The van der Waals surface area contributed by atoms with Crippen LogP contribution in [0.1, 0.15) is 33.8 Å². The Kier molecular flexibility index (Phi) is 8.03. The van der Waals surface area contributed by atoms with Crippen LogP contribution in [0.5, 0.6) is 0 Å². The minimum absolute atomic E-state index is 0.324. The van der Waals surface area contributed by atoms with Gasteiger partial charge in [-0.05, 0) is 24.5 Å². The molecule has 0 saturated heterocycles. The fraction of sp³-hybridized carbons (Fsp3) is 0.227. The molecule has 0 saturated carbocycles. The summed E-state index contributed by atoms with van der Waals surface area (Å²) >= 11 is 13.9. The van der Waals surface area contributed by atoms with E-state index in [1.54, 1.807) is 17.9 Å². The smallest absolute Gasteiger partial charge is 0.134 e. The summed E-state index contributed by atoms with van der Waals surface area (Å²) < 4.78 is 2.18. The SMILES string of the molecule is Cc1nn(C)c(Cl)c1C(=CCC=Cc1ccccc1CN)C(Cc1ncc(Cl)s1)=NO. The number of hydrogen-bond donors (Lipinski definition) is 2. The van der Waals surface area contributed by atoms with Gasteiger partial charge in [0.2, 0.25) is 0 Å². The first-order valence-electron chi connectivity index (χ1n) is 9.60. The molecule has 3 aromatic rings. The van der Waals surface area contributed by atoms with Crippen LogP contribution in [0, 0.1) is 6.92 Å². The molecule has 0 fully saturated rings. The van der Waals surface area contributed by atoms with E-state index in [1.807, 2.05) is 49.4 Å². The van der Waals surface area contributed by atoms with Gasteiger partial charge in [-0.1, -0.05) is 70.9 Å². The lowest BCUT2D eigenvalue weighted by Crippen LogP contribution is -2.08. The molecule has 0 bridgehead atoms. The number of aromatic nitrogens is 3. The molecule has 0 radical (unpaired) electrons. The maximum Gasteiger partial charge on any atom is 0.134 e. The van der Waals surface area contributed by atoms with Crippen LogP contribution in [0.3, 0.4) is 0 Å². The Balaban J connectivity index is 1.94. The molecule has 162 valence electrons. The summed E-state index contributed by atoms with van der Waals surface area (Å²) in [5, 5.41) is 19.0. The molecule has 1 aromatic carbocycles. The molecule has 0 spiro atoms. The molecule has 3 N–H and O–H groups in total. The van der Waals surface area contributed by atoms with Gasteiger partial charge < -0.3 is 10.9 Å². The number of nitrogens with zero attached hydrogens (tertiary/aromatic N) is 4. The standard InChI is InChI=1S/C22H23Cl2N5OS/c1-14-21(22(24)29(2)27-14)17(18(28-30)11-20-26-13-19(23)31-20)10-6-5-8-15-7-3-4-9-16(15)12-25/h3-5,7-10,13,30H,6,11-12,25H2,1-2H3. The van der Waals surface area contributed by atoms with Crippen molar-refractivity contribution in [3.8, 4) is 0 Å². The van der Waals surface area contributed by atoms with E-state index in [0.717, 1.165) is 27.4 Å². The van der Waals surface area contributed by atoms with E-state index < -0.39 is 0 Å². The number of oxime groups is 1. The van der Waals surface area contributed by atoms with Crippen LogP contribution in [0.4, 0.5) is 0 Å². The third-order valence-corrected chi connectivity index (χ3v) is 6.28. The third kappa shape index (κ3) is 5.62. The number of rotatable bonds is 8. The second-order valence-corrected chi connectivity index (χ2v) is 8.92. The Morgan fingerprint density at radius 1 is 1.32 bits per heavy atom. The van der Waals surface area contributed by atoms with Crippen molar-refractivity contribution in [3.63, 3.8) is 0 Å². The quantitative estimate of drug-likeness (QED) is 0.255. The van der Waals surface area contributed by atoms with Gasteiger partial charge in [-0.25, -0.2) is 4.98 Å². The average molecular weight is 476 g/mol. The molecule has 0 atom stereocenters. The monoisotopic (exact) mass is 475 g/mol. The molecule has 0 aliphatic heterocycles. The highest BCUT2D eigenvalue weighted by Crippen LogP contribution is 2.30. The van der Waals surface area contributed by atoms with Crippen molar-refractivity contribution in [3.05, 3.63) is 79.5 Å². The molecule has 9 heteroatoms. The van der Waals surface area contributed by atoms with Crippen molar-refractivity contribution in [2.75, 3.05) is 0 Å².